The van der Waals surface area contributed by atoms with E-state index in [9.17, 15) is 0 Å². The maximum atomic E-state index is 6.70. The summed E-state index contributed by atoms with van der Waals surface area (Å²) in [5, 5.41) is 2.31. The first-order valence-corrected chi connectivity index (χ1v) is 15.1. The molecular weight excluding hydrogens is 515 g/mol. The van der Waals surface area contributed by atoms with Gasteiger partial charge < -0.3 is 13.7 Å². The molecule has 0 amide bonds. The second-order valence-corrected chi connectivity index (χ2v) is 12.1. The Bertz CT molecular complexity index is 2020. The van der Waals surface area contributed by atoms with Gasteiger partial charge in [0.05, 0.1) is 5.41 Å². The zero-order valence-corrected chi connectivity index (χ0v) is 24.5. The van der Waals surface area contributed by atoms with Crippen molar-refractivity contribution in [2.75, 3.05) is 6.61 Å². The molecule has 4 heteroatoms. The monoisotopic (exact) mass is 548 g/mol. The normalized spacial score (nSPS) is 16.6. The predicted octanol–water partition coefficient (Wildman–Crippen LogP) is 8.87. The van der Waals surface area contributed by atoms with E-state index in [-0.39, 0.29) is 5.60 Å². The molecule has 206 valence electrons. The third-order valence-corrected chi connectivity index (χ3v) is 9.50. The fourth-order valence-corrected chi connectivity index (χ4v) is 7.39. The highest BCUT2D eigenvalue weighted by Crippen LogP contribution is 2.63. The van der Waals surface area contributed by atoms with Gasteiger partial charge in [0.25, 0.3) is 0 Å². The Morgan fingerprint density at radius 2 is 1.31 bits per heavy atom. The molecule has 1 aromatic heterocycles. The lowest BCUT2D eigenvalue weighted by Gasteiger charge is -2.31. The maximum absolute atomic E-state index is 6.70. The van der Waals surface area contributed by atoms with Crippen molar-refractivity contribution in [3.05, 3.63) is 125 Å². The molecule has 6 aromatic rings. The molecule has 2 aliphatic carbocycles. The Labute approximate surface area is 247 Å². The lowest BCUT2D eigenvalue weighted by atomic mass is 9.68. The van der Waals surface area contributed by atoms with Crippen molar-refractivity contribution in [1.29, 1.82) is 0 Å². The van der Waals surface area contributed by atoms with E-state index in [1.165, 1.54) is 44.5 Å². The summed E-state index contributed by atoms with van der Waals surface area (Å²) in [6.45, 7) is 9.04. The van der Waals surface area contributed by atoms with E-state index >= 15 is 0 Å². The second kappa shape index (κ2) is 9.19. The fourth-order valence-electron chi connectivity index (χ4n) is 7.39. The van der Waals surface area contributed by atoms with E-state index in [1.807, 2.05) is 13.0 Å². The molecule has 0 N–H and O–H groups in total. The van der Waals surface area contributed by atoms with Crippen LogP contribution in [0.5, 0.6) is 0 Å². The summed E-state index contributed by atoms with van der Waals surface area (Å²) in [5.74, 6) is 0. The molecule has 0 saturated carbocycles. The Kier molecular flexibility index (Phi) is 5.60. The van der Waals surface area contributed by atoms with E-state index in [4.69, 9.17) is 13.7 Å². The van der Waals surface area contributed by atoms with E-state index in [1.54, 1.807) is 0 Å². The number of furan rings is 1. The second-order valence-electron chi connectivity index (χ2n) is 12.1. The first kappa shape index (κ1) is 25.6. The minimum Gasteiger partial charge on any atom is -0.455 e. The van der Waals surface area contributed by atoms with Gasteiger partial charge in [-0.05, 0) is 77.7 Å². The van der Waals surface area contributed by atoms with E-state index in [2.05, 4.69) is 118 Å². The number of hydrogen-bond donors (Lipinski definition) is 0. The van der Waals surface area contributed by atoms with Crippen LogP contribution in [0.15, 0.2) is 108 Å². The van der Waals surface area contributed by atoms with Crippen LogP contribution in [0.2, 0.25) is 0 Å². The summed E-state index contributed by atoms with van der Waals surface area (Å²) < 4.78 is 19.7. The van der Waals surface area contributed by atoms with E-state index < -0.39 is 12.5 Å². The molecule has 0 fully saturated rings. The summed E-state index contributed by atoms with van der Waals surface area (Å²) in [4.78, 5) is 0. The minimum atomic E-state index is -0.475. The van der Waals surface area contributed by atoms with Crippen LogP contribution in [0.1, 0.15) is 56.4 Å². The van der Waals surface area contributed by atoms with Crippen molar-refractivity contribution in [1.82, 2.24) is 0 Å². The maximum Gasteiger partial charge on any atom is 0.494 e. The van der Waals surface area contributed by atoms with Gasteiger partial charge in [-0.3, -0.25) is 0 Å². The lowest BCUT2D eigenvalue weighted by Crippen LogP contribution is -2.44. The van der Waals surface area contributed by atoms with Gasteiger partial charge in [-0.15, -0.1) is 0 Å². The first-order chi connectivity index (χ1) is 20.5. The number of fused-ring (bicyclic) bond motifs is 14. The van der Waals surface area contributed by atoms with Crippen molar-refractivity contribution < 1.29 is 13.7 Å². The molecule has 3 nitrogen and oxygen atoms in total. The Hall–Kier alpha value is -4.12. The Morgan fingerprint density at radius 1 is 0.667 bits per heavy atom. The first-order valence-electron chi connectivity index (χ1n) is 15.1. The minimum absolute atomic E-state index is 0.322. The molecular formula is C38H33BO3. The summed E-state index contributed by atoms with van der Waals surface area (Å²) in [5.41, 5.74) is 12.1. The predicted molar refractivity (Wildman–Crippen MR) is 172 cm³/mol. The summed E-state index contributed by atoms with van der Waals surface area (Å²) >= 11 is 0. The van der Waals surface area contributed by atoms with Crippen molar-refractivity contribution in [2.45, 2.75) is 45.1 Å². The molecule has 1 atom stereocenters. The molecule has 8 rings (SSSR count). The Balaban J connectivity index is 1.48. The van der Waals surface area contributed by atoms with Crippen LogP contribution >= 0.6 is 0 Å². The van der Waals surface area contributed by atoms with Crippen LogP contribution in [-0.4, -0.2) is 19.3 Å². The molecule has 1 unspecified atom stereocenters. The number of hydrogen-bond acceptors (Lipinski definition) is 3. The van der Waals surface area contributed by atoms with Crippen LogP contribution in [-0.2, 0) is 14.7 Å². The highest BCUT2D eigenvalue weighted by atomic mass is 16.6. The van der Waals surface area contributed by atoms with Gasteiger partial charge in [-0.1, -0.05) is 104 Å². The summed E-state index contributed by atoms with van der Waals surface area (Å²) in [6.07, 6.45) is 0.889. The molecule has 0 radical (unpaired) electrons. The number of para-hydroxylation sites is 1. The Morgan fingerprint density at radius 3 is 2.05 bits per heavy atom. The smallest absolute Gasteiger partial charge is 0.455 e. The topological polar surface area (TPSA) is 31.6 Å². The highest BCUT2D eigenvalue weighted by molar-refractivity contribution is 6.63. The van der Waals surface area contributed by atoms with Gasteiger partial charge in [0.15, 0.2) is 0 Å². The lowest BCUT2D eigenvalue weighted by molar-refractivity contribution is 0.0707. The fraction of sp³-hybridized carbons (Fsp3) is 0.211. The average molecular weight is 548 g/mol. The highest BCUT2D eigenvalue weighted by Gasteiger charge is 2.53. The van der Waals surface area contributed by atoms with Crippen molar-refractivity contribution in [3.8, 4) is 22.3 Å². The molecule has 1 heterocycles. The third kappa shape index (κ3) is 3.31. The zero-order valence-electron chi connectivity index (χ0n) is 24.5. The molecule has 0 aliphatic heterocycles. The SMILES string of the molecule is CCOB(OC(C)(C)CC)c1cccc2c1-c1ccccc1C21c2ccccc2-c2c1ccc1c2oc2ccccc21. The van der Waals surface area contributed by atoms with Gasteiger partial charge in [0, 0.05) is 28.5 Å². The third-order valence-electron chi connectivity index (χ3n) is 9.50. The van der Waals surface area contributed by atoms with Crippen LogP contribution in [0.25, 0.3) is 44.2 Å². The summed E-state index contributed by atoms with van der Waals surface area (Å²) in [6, 6.07) is 37.4. The van der Waals surface area contributed by atoms with Gasteiger partial charge in [-0.2, -0.15) is 0 Å². The van der Waals surface area contributed by atoms with Gasteiger partial charge in [-0.25, -0.2) is 0 Å². The van der Waals surface area contributed by atoms with Crippen LogP contribution in [0.3, 0.4) is 0 Å². The van der Waals surface area contributed by atoms with Gasteiger partial charge >= 0.3 is 7.12 Å². The molecule has 0 saturated heterocycles. The van der Waals surface area contributed by atoms with E-state index in [0.717, 1.165) is 33.8 Å². The van der Waals surface area contributed by atoms with Crippen molar-refractivity contribution in [3.63, 3.8) is 0 Å². The van der Waals surface area contributed by atoms with Crippen LogP contribution in [0, 0.1) is 0 Å². The van der Waals surface area contributed by atoms with Gasteiger partial charge in [0.1, 0.15) is 11.2 Å². The number of benzene rings is 5. The van der Waals surface area contributed by atoms with Gasteiger partial charge in [0.2, 0.25) is 0 Å². The molecule has 2 aliphatic rings. The largest absolute Gasteiger partial charge is 0.494 e. The van der Waals surface area contributed by atoms with Crippen molar-refractivity contribution in [2.24, 2.45) is 0 Å². The van der Waals surface area contributed by atoms with Crippen LogP contribution in [0.4, 0.5) is 0 Å². The standard InChI is InChI=1S/C38H33BO3/c1-5-37(3,4)42-39(40-6-2)32-20-13-19-30-34(32)26-15-7-10-17-28(26)38(30)29-18-11-8-16-27(29)35-31(38)23-22-25-24-14-9-12-21-33(24)41-36(25)35/h7-23H,5-6H2,1-4H3. The van der Waals surface area contributed by atoms with Crippen LogP contribution < -0.4 is 5.46 Å². The average Bonchev–Trinajstić information content (AvgIpc) is 3.64. The molecule has 5 aromatic carbocycles. The summed E-state index contributed by atoms with van der Waals surface area (Å²) in [7, 11) is -0.475. The number of rotatable bonds is 6. The van der Waals surface area contributed by atoms with Crippen molar-refractivity contribution >= 4 is 34.5 Å². The zero-order chi connectivity index (χ0) is 28.6. The molecule has 1 spiro atoms. The molecule has 0 bridgehead atoms. The van der Waals surface area contributed by atoms with E-state index in [0.29, 0.717) is 6.61 Å². The quantitative estimate of drug-likeness (QED) is 0.195. The molecule has 42 heavy (non-hydrogen) atoms.